The Hall–Kier alpha value is -0.110. The van der Waals surface area contributed by atoms with E-state index in [1.54, 1.807) is 7.05 Å². The van der Waals surface area contributed by atoms with Crippen LogP contribution in [-0.4, -0.2) is 49.5 Å². The molecule has 2 unspecified atom stereocenters. The molecule has 0 aliphatic rings. The highest BCUT2D eigenvalue weighted by Crippen LogP contribution is 1.92. The first kappa shape index (κ1) is 18.3. The number of rotatable bonds is 6. The highest BCUT2D eigenvalue weighted by molar-refractivity contribution is 7.80. The second-order valence-electron chi connectivity index (χ2n) is 2.88. The maximum Gasteiger partial charge on any atom is 0.243 e. The van der Waals surface area contributed by atoms with Crippen molar-refractivity contribution < 1.29 is 9.59 Å². The Labute approximate surface area is 113 Å². The van der Waals surface area contributed by atoms with Crippen LogP contribution in [0.2, 0.25) is 0 Å². The molecule has 0 aromatic carbocycles. The molecule has 0 bridgehead atoms. The number of hydrogen-bond donors (Lipinski definition) is 5. The van der Waals surface area contributed by atoms with Crippen LogP contribution in [0.15, 0.2) is 0 Å². The summed E-state index contributed by atoms with van der Waals surface area (Å²) in [4.78, 5) is 22.8. The average Bonchev–Trinajstić information content (AvgIpc) is 2.26. The average molecular weight is 288 g/mol. The van der Waals surface area contributed by atoms with Crippen LogP contribution in [0.4, 0.5) is 0 Å². The Balaban J connectivity index is 0. The molecule has 0 aliphatic carbocycles. The van der Waals surface area contributed by atoms with Crippen LogP contribution in [0.25, 0.3) is 0 Å². The van der Waals surface area contributed by atoms with Gasteiger partial charge in [-0.1, -0.05) is 0 Å². The zero-order valence-electron chi connectivity index (χ0n) is 9.19. The fraction of sp³-hybridized carbons (Fsp3) is 0.750. The largest absolute Gasteiger partial charge is 0.357 e. The van der Waals surface area contributed by atoms with E-state index in [0.29, 0.717) is 5.75 Å². The smallest absolute Gasteiger partial charge is 0.243 e. The second kappa shape index (κ2) is 10.1. The summed E-state index contributed by atoms with van der Waals surface area (Å²) in [6, 6.07) is -1.01. The SMILES string of the molecule is CNC(=O)C(CS)NC(=O)C(CS)NC.Cl. The van der Waals surface area contributed by atoms with Crippen molar-refractivity contribution in [2.45, 2.75) is 12.1 Å². The lowest BCUT2D eigenvalue weighted by Gasteiger charge is -2.19. The molecule has 0 spiro atoms. The van der Waals surface area contributed by atoms with Gasteiger partial charge in [0.2, 0.25) is 11.8 Å². The van der Waals surface area contributed by atoms with Crippen molar-refractivity contribution in [2.24, 2.45) is 0 Å². The summed E-state index contributed by atoms with van der Waals surface area (Å²) in [5, 5.41) is 7.83. The topological polar surface area (TPSA) is 70.2 Å². The summed E-state index contributed by atoms with van der Waals surface area (Å²) in [5.74, 6) is 0.117. The maximum absolute atomic E-state index is 11.6. The van der Waals surface area contributed by atoms with Crippen LogP contribution in [0.1, 0.15) is 0 Å². The van der Waals surface area contributed by atoms with Gasteiger partial charge in [-0.2, -0.15) is 25.3 Å². The van der Waals surface area contributed by atoms with E-state index in [2.05, 4.69) is 41.2 Å². The van der Waals surface area contributed by atoms with Crippen LogP contribution in [0.3, 0.4) is 0 Å². The van der Waals surface area contributed by atoms with Gasteiger partial charge in [0.1, 0.15) is 6.04 Å². The van der Waals surface area contributed by atoms with Gasteiger partial charge < -0.3 is 16.0 Å². The van der Waals surface area contributed by atoms with Crippen molar-refractivity contribution in [1.82, 2.24) is 16.0 Å². The van der Waals surface area contributed by atoms with E-state index in [1.165, 1.54) is 7.05 Å². The first-order chi connectivity index (χ1) is 7.10. The zero-order chi connectivity index (χ0) is 11.8. The summed E-state index contributed by atoms with van der Waals surface area (Å²) in [6.45, 7) is 0. The van der Waals surface area contributed by atoms with Gasteiger partial charge in [-0.25, -0.2) is 0 Å². The number of halogens is 1. The van der Waals surface area contributed by atoms with Crippen LogP contribution in [0.5, 0.6) is 0 Å². The second-order valence-corrected chi connectivity index (χ2v) is 3.61. The summed E-state index contributed by atoms with van der Waals surface area (Å²) in [6.07, 6.45) is 0. The highest BCUT2D eigenvalue weighted by Gasteiger charge is 2.21. The van der Waals surface area contributed by atoms with Gasteiger partial charge in [0.15, 0.2) is 0 Å². The zero-order valence-corrected chi connectivity index (χ0v) is 11.8. The first-order valence-electron chi connectivity index (χ1n) is 4.51. The molecule has 2 atom stereocenters. The molecule has 96 valence electrons. The Kier molecular flexibility index (Phi) is 11.5. The van der Waals surface area contributed by atoms with Gasteiger partial charge in [0, 0.05) is 18.6 Å². The minimum Gasteiger partial charge on any atom is -0.357 e. The third kappa shape index (κ3) is 5.83. The molecule has 0 saturated heterocycles. The summed E-state index contributed by atoms with van der Waals surface area (Å²) in [7, 11) is 3.18. The molecule has 8 heteroatoms. The van der Waals surface area contributed by atoms with E-state index in [-0.39, 0.29) is 30.0 Å². The predicted molar refractivity (Wildman–Crippen MR) is 73.8 cm³/mol. The number of carbonyl (C=O) groups is 2. The molecule has 0 aliphatic heterocycles. The van der Waals surface area contributed by atoms with Gasteiger partial charge in [0.05, 0.1) is 6.04 Å². The van der Waals surface area contributed by atoms with Crippen LogP contribution in [0, 0.1) is 0 Å². The summed E-state index contributed by atoms with van der Waals surface area (Å²) in [5.41, 5.74) is 0. The van der Waals surface area contributed by atoms with E-state index >= 15 is 0 Å². The molecule has 3 N–H and O–H groups in total. The van der Waals surface area contributed by atoms with Crippen molar-refractivity contribution in [2.75, 3.05) is 25.6 Å². The monoisotopic (exact) mass is 287 g/mol. The lowest BCUT2D eigenvalue weighted by Crippen LogP contribution is -2.53. The molecular weight excluding hydrogens is 270 g/mol. The van der Waals surface area contributed by atoms with Gasteiger partial charge in [0.25, 0.3) is 0 Å². The van der Waals surface area contributed by atoms with Crippen LogP contribution >= 0.6 is 37.7 Å². The lowest BCUT2D eigenvalue weighted by molar-refractivity contribution is -0.128. The number of thiol groups is 2. The van der Waals surface area contributed by atoms with Gasteiger partial charge in [-0.3, -0.25) is 9.59 Å². The van der Waals surface area contributed by atoms with E-state index < -0.39 is 12.1 Å². The molecule has 5 nitrogen and oxygen atoms in total. The number of amides is 2. The van der Waals surface area contributed by atoms with Gasteiger partial charge >= 0.3 is 0 Å². The maximum atomic E-state index is 11.6. The van der Waals surface area contributed by atoms with Crippen molar-refractivity contribution in [3.8, 4) is 0 Å². The Morgan fingerprint density at radius 1 is 1.06 bits per heavy atom. The number of likely N-dealkylation sites (N-methyl/N-ethyl adjacent to an activating group) is 2. The van der Waals surface area contributed by atoms with E-state index in [0.717, 1.165) is 0 Å². The molecule has 16 heavy (non-hydrogen) atoms. The predicted octanol–water partition coefficient (Wildman–Crippen LogP) is -0.913. The minimum atomic E-state index is -0.610. The number of nitrogens with one attached hydrogen (secondary N) is 3. The first-order valence-corrected chi connectivity index (χ1v) is 5.78. The van der Waals surface area contributed by atoms with Crippen molar-refractivity contribution in [1.29, 1.82) is 0 Å². The normalized spacial score (nSPS) is 13.2. The van der Waals surface area contributed by atoms with Gasteiger partial charge in [-0.05, 0) is 7.05 Å². The van der Waals surface area contributed by atoms with Crippen molar-refractivity contribution >= 4 is 49.5 Å². The molecule has 0 radical (unpaired) electrons. The lowest BCUT2D eigenvalue weighted by atomic mass is 10.2. The van der Waals surface area contributed by atoms with Crippen LogP contribution in [-0.2, 0) is 9.59 Å². The Morgan fingerprint density at radius 2 is 1.56 bits per heavy atom. The third-order valence-corrected chi connectivity index (χ3v) is 2.64. The molecule has 0 heterocycles. The van der Waals surface area contributed by atoms with Crippen molar-refractivity contribution in [3.05, 3.63) is 0 Å². The van der Waals surface area contributed by atoms with E-state index in [4.69, 9.17) is 0 Å². The molecule has 0 fully saturated rings. The standard InChI is InChI=1S/C8H17N3O2S2.ClH/c1-9-5(3-14)8(13)11-6(4-15)7(12)10-2;/h5-6,9,14-15H,3-4H2,1-2H3,(H,10,12)(H,11,13);1H. The minimum absolute atomic E-state index is 0. The summed E-state index contributed by atoms with van der Waals surface area (Å²) >= 11 is 8.01. The van der Waals surface area contributed by atoms with E-state index in [9.17, 15) is 9.59 Å². The molecule has 2 amide bonds. The van der Waals surface area contributed by atoms with Crippen LogP contribution < -0.4 is 16.0 Å². The van der Waals surface area contributed by atoms with E-state index in [1.807, 2.05) is 0 Å². The molecule has 0 aromatic heterocycles. The molecule has 0 rings (SSSR count). The Morgan fingerprint density at radius 3 is 1.88 bits per heavy atom. The molecule has 0 saturated carbocycles. The fourth-order valence-corrected chi connectivity index (χ4v) is 1.55. The molecular formula is C8H18ClN3O2S2. The number of carbonyl (C=O) groups excluding carboxylic acids is 2. The quantitative estimate of drug-likeness (QED) is 0.411. The highest BCUT2D eigenvalue weighted by atomic mass is 35.5. The summed E-state index contributed by atoms with van der Waals surface area (Å²) < 4.78 is 0. The molecule has 0 aromatic rings. The number of hydrogen-bond acceptors (Lipinski definition) is 5. The fourth-order valence-electron chi connectivity index (χ4n) is 0.946. The Bertz CT molecular complexity index is 227. The van der Waals surface area contributed by atoms with Gasteiger partial charge in [-0.15, -0.1) is 12.4 Å². The van der Waals surface area contributed by atoms with Crippen molar-refractivity contribution in [3.63, 3.8) is 0 Å². The third-order valence-electron chi connectivity index (χ3n) is 1.91.